The van der Waals surface area contributed by atoms with E-state index < -0.39 is 52.1 Å². The molecule has 0 spiro atoms. The van der Waals surface area contributed by atoms with Crippen molar-refractivity contribution in [2.75, 3.05) is 12.3 Å². The average Bonchev–Trinajstić information content (AvgIpc) is 3.04. The molecule has 0 bridgehead atoms. The predicted molar refractivity (Wildman–Crippen MR) is 87.4 cm³/mol. The van der Waals surface area contributed by atoms with E-state index in [1.165, 1.54) is 0 Å². The monoisotopic (exact) mass is 461 g/mol. The molecule has 1 aliphatic heterocycles. The Hall–Kier alpha value is -1.78. The number of H-pyrrole nitrogens is 1. The lowest BCUT2D eigenvalue weighted by Gasteiger charge is -2.23. The Kier molecular flexibility index (Phi) is 5.42. The molecule has 8 N–H and O–H groups in total. The van der Waals surface area contributed by atoms with Gasteiger partial charge in [0.15, 0.2) is 17.4 Å². The third-order valence-electron chi connectivity index (χ3n) is 3.73. The van der Waals surface area contributed by atoms with E-state index in [4.69, 9.17) is 20.3 Å². The zero-order chi connectivity index (χ0) is 21.8. The third kappa shape index (κ3) is 4.39. The summed E-state index contributed by atoms with van der Waals surface area (Å²) in [5.74, 6) is -3.88. The minimum atomic E-state index is -5.41. The number of anilines is 1. The lowest BCUT2D eigenvalue weighted by atomic mass is 10.1. The molecule has 29 heavy (non-hydrogen) atoms. The van der Waals surface area contributed by atoms with Gasteiger partial charge in [0.25, 0.3) is 11.4 Å². The smallest absolute Gasteiger partial charge is 0.384 e. The molecule has 19 heteroatoms. The van der Waals surface area contributed by atoms with Crippen molar-refractivity contribution in [2.45, 2.75) is 24.3 Å². The first-order chi connectivity index (χ1) is 13.2. The molecule has 0 saturated carbocycles. The number of halogens is 1. The van der Waals surface area contributed by atoms with Gasteiger partial charge < -0.3 is 35.4 Å². The first kappa shape index (κ1) is 21.9. The summed E-state index contributed by atoms with van der Waals surface area (Å²) in [6, 6.07) is 0. The Balaban J connectivity index is 1.85. The number of hydrogen-bond acceptors (Lipinski definition) is 11. The second kappa shape index (κ2) is 7.17. The van der Waals surface area contributed by atoms with Crippen LogP contribution in [-0.2, 0) is 22.7 Å². The number of alkyl halides is 1. The van der Waals surface area contributed by atoms with Gasteiger partial charge >= 0.3 is 15.6 Å². The van der Waals surface area contributed by atoms with Gasteiger partial charge in [-0.15, -0.1) is 0 Å². The van der Waals surface area contributed by atoms with E-state index in [1.54, 1.807) is 0 Å². The lowest BCUT2D eigenvalue weighted by Crippen LogP contribution is -2.43. The minimum Gasteiger partial charge on any atom is -0.384 e. The number of imidazole rings is 1. The van der Waals surface area contributed by atoms with Crippen LogP contribution in [0.3, 0.4) is 0 Å². The molecule has 1 unspecified atom stereocenters. The largest absolute Gasteiger partial charge is 0.481 e. The Labute approximate surface area is 158 Å². The van der Waals surface area contributed by atoms with Gasteiger partial charge in [-0.2, -0.15) is 9.29 Å². The van der Waals surface area contributed by atoms with E-state index in [9.17, 15) is 33.4 Å². The Morgan fingerprint density at radius 1 is 1.41 bits per heavy atom. The number of phosphoric ester groups is 1. The van der Waals surface area contributed by atoms with Crippen molar-refractivity contribution in [3.63, 3.8) is 0 Å². The number of fused-ring (bicyclic) bond motifs is 1. The third-order valence-corrected chi connectivity index (χ3v) is 5.88. The van der Waals surface area contributed by atoms with Crippen molar-refractivity contribution in [3.05, 3.63) is 16.7 Å². The van der Waals surface area contributed by atoms with Crippen molar-refractivity contribution in [3.8, 4) is 0 Å². The Morgan fingerprint density at radius 3 is 2.69 bits per heavy atom. The highest BCUT2D eigenvalue weighted by Crippen LogP contribution is 2.58. The number of rotatable bonds is 6. The number of nitrogens with one attached hydrogen (secondary N) is 1. The van der Waals surface area contributed by atoms with Gasteiger partial charge in [-0.25, -0.2) is 18.5 Å². The molecule has 1 saturated heterocycles. The second-order valence-electron chi connectivity index (χ2n) is 5.81. The molecule has 1 aliphatic rings. The summed E-state index contributed by atoms with van der Waals surface area (Å²) in [5, 5.41) is 20.0. The van der Waals surface area contributed by atoms with Crippen LogP contribution in [0.4, 0.5) is 10.3 Å². The van der Waals surface area contributed by atoms with Crippen molar-refractivity contribution in [2.24, 2.45) is 0 Å². The molecule has 0 radical (unpaired) electrons. The molecular weight excluding hydrogens is 447 g/mol. The molecule has 0 aromatic carbocycles. The predicted octanol–water partition coefficient (Wildman–Crippen LogP) is -2.16. The first-order valence-electron chi connectivity index (χ1n) is 7.42. The number of phosphoric acid groups is 2. The number of aromatic nitrogens is 4. The zero-order valence-corrected chi connectivity index (χ0v) is 15.7. The van der Waals surface area contributed by atoms with Crippen LogP contribution in [0.1, 0.15) is 6.23 Å². The highest BCUT2D eigenvalue weighted by atomic mass is 31.3. The molecule has 2 aromatic rings. The lowest BCUT2D eigenvalue weighted by molar-refractivity contribution is -0.195. The number of aromatic amines is 1. The Bertz CT molecular complexity index is 1080. The summed E-state index contributed by atoms with van der Waals surface area (Å²) in [6.45, 7) is -1.12. The van der Waals surface area contributed by atoms with E-state index in [1.807, 2.05) is 0 Å². The van der Waals surface area contributed by atoms with Gasteiger partial charge in [0.05, 0.1) is 12.9 Å². The summed E-state index contributed by atoms with van der Waals surface area (Å²) in [4.78, 5) is 47.7. The van der Waals surface area contributed by atoms with Crippen LogP contribution in [0.25, 0.3) is 11.2 Å². The summed E-state index contributed by atoms with van der Waals surface area (Å²) in [6.07, 6.45) is -5.36. The standard InChI is InChI=1S/C10H14FN5O11P2/c11-10(19)5(17)3(1-25-29(23,24)27-28(20,21)22)26-8(10)16-2-13-4-6(16)14-9(12)15-7(4)18/h2-3,5,8,17,19H,1H2,(H,23,24)(H2,20,21,22)(H3,12,14,15,18)/t3-,5-,8-,10-/m1/s1. The van der Waals surface area contributed by atoms with Crippen LogP contribution >= 0.6 is 15.6 Å². The van der Waals surface area contributed by atoms with Crippen molar-refractivity contribution >= 4 is 32.8 Å². The van der Waals surface area contributed by atoms with Gasteiger partial charge in [-0.05, 0) is 0 Å². The van der Waals surface area contributed by atoms with E-state index in [2.05, 4.69) is 23.8 Å². The molecular formula is C10H14FN5O11P2. The molecule has 3 heterocycles. The molecule has 5 atom stereocenters. The number of hydrogen-bond donors (Lipinski definition) is 7. The zero-order valence-electron chi connectivity index (χ0n) is 13.9. The van der Waals surface area contributed by atoms with Crippen molar-refractivity contribution in [1.29, 1.82) is 0 Å². The molecule has 0 amide bonds. The number of nitrogen functional groups attached to an aromatic ring is 1. The summed E-state index contributed by atoms with van der Waals surface area (Å²) in [5.41, 5.74) is 4.04. The maximum Gasteiger partial charge on any atom is 0.481 e. The average molecular weight is 461 g/mol. The summed E-state index contributed by atoms with van der Waals surface area (Å²) < 4.78 is 50.5. The highest BCUT2D eigenvalue weighted by Gasteiger charge is 2.58. The second-order valence-corrected chi connectivity index (χ2v) is 8.64. The van der Waals surface area contributed by atoms with Gasteiger partial charge in [0, 0.05) is 0 Å². The first-order valence-corrected chi connectivity index (χ1v) is 10.5. The molecule has 3 rings (SSSR count). The molecule has 1 fully saturated rings. The van der Waals surface area contributed by atoms with E-state index in [0.717, 1.165) is 10.9 Å². The number of aliphatic hydroxyl groups is 2. The fourth-order valence-electron chi connectivity index (χ4n) is 2.57. The van der Waals surface area contributed by atoms with Crippen LogP contribution < -0.4 is 11.3 Å². The van der Waals surface area contributed by atoms with E-state index >= 15 is 0 Å². The fraction of sp³-hybridized carbons (Fsp3) is 0.500. The van der Waals surface area contributed by atoms with Crippen molar-refractivity contribution < 1.29 is 52.0 Å². The molecule has 16 nitrogen and oxygen atoms in total. The number of aliphatic hydroxyl groups excluding tert-OH is 1. The minimum absolute atomic E-state index is 0.289. The summed E-state index contributed by atoms with van der Waals surface area (Å²) in [7, 11) is -10.7. The van der Waals surface area contributed by atoms with Crippen LogP contribution in [-0.4, -0.2) is 69.1 Å². The molecule has 0 aliphatic carbocycles. The Morgan fingerprint density at radius 2 is 2.07 bits per heavy atom. The van der Waals surface area contributed by atoms with Crippen LogP contribution in [0.2, 0.25) is 0 Å². The van der Waals surface area contributed by atoms with Crippen molar-refractivity contribution in [1.82, 2.24) is 19.5 Å². The summed E-state index contributed by atoms with van der Waals surface area (Å²) >= 11 is 0. The topological polar surface area (TPSA) is 253 Å². The van der Waals surface area contributed by atoms with Gasteiger partial charge in [-0.1, -0.05) is 0 Å². The molecule has 162 valence electrons. The molecule has 2 aromatic heterocycles. The fourth-order valence-corrected chi connectivity index (χ4v) is 4.17. The van der Waals surface area contributed by atoms with Crippen LogP contribution in [0.5, 0.6) is 0 Å². The SMILES string of the molecule is Nc1nc2c(ncn2[C@@H]2O[C@H](COP(=O)(O)OP(=O)(O)O)[C@@H](O)[C@]2(O)F)c(=O)[nH]1. The van der Waals surface area contributed by atoms with E-state index in [0.29, 0.717) is 0 Å². The van der Waals surface area contributed by atoms with Crippen LogP contribution in [0.15, 0.2) is 11.1 Å². The van der Waals surface area contributed by atoms with Gasteiger partial charge in [0.2, 0.25) is 5.95 Å². The maximum atomic E-state index is 14.7. The number of nitrogens with zero attached hydrogens (tertiary/aromatic N) is 3. The number of ether oxygens (including phenoxy) is 1. The van der Waals surface area contributed by atoms with Crippen LogP contribution in [0, 0.1) is 0 Å². The van der Waals surface area contributed by atoms with Gasteiger partial charge in [-0.3, -0.25) is 18.9 Å². The normalized spacial score (nSPS) is 29.9. The van der Waals surface area contributed by atoms with E-state index in [-0.39, 0.29) is 17.1 Å². The highest BCUT2D eigenvalue weighted by molar-refractivity contribution is 7.60. The quantitative estimate of drug-likeness (QED) is 0.226. The number of nitrogens with two attached hydrogens (primary N) is 1. The van der Waals surface area contributed by atoms with Gasteiger partial charge in [0.1, 0.15) is 12.2 Å². The maximum absolute atomic E-state index is 14.7.